The van der Waals surface area contributed by atoms with Crippen LogP contribution < -0.4 is 5.32 Å². The van der Waals surface area contributed by atoms with Gasteiger partial charge in [-0.3, -0.25) is 0 Å². The van der Waals surface area contributed by atoms with E-state index in [1.54, 1.807) is 0 Å². The van der Waals surface area contributed by atoms with Crippen molar-refractivity contribution in [2.75, 3.05) is 16.8 Å². The Bertz CT molecular complexity index is 288. The van der Waals surface area contributed by atoms with E-state index >= 15 is 0 Å². The van der Waals surface area contributed by atoms with Crippen LogP contribution >= 0.6 is 11.8 Å². The quantitative estimate of drug-likeness (QED) is 0.837. The summed E-state index contributed by atoms with van der Waals surface area (Å²) < 4.78 is 0. The normalized spacial score (nSPS) is 21.3. The molecule has 1 atom stereocenters. The Hall–Kier alpha value is -0.630. The number of rotatable bonds is 3. The van der Waals surface area contributed by atoms with Gasteiger partial charge in [0, 0.05) is 17.5 Å². The van der Waals surface area contributed by atoms with Crippen LogP contribution in [0.4, 0.5) is 5.69 Å². The van der Waals surface area contributed by atoms with E-state index in [2.05, 4.69) is 48.3 Å². The van der Waals surface area contributed by atoms with Crippen molar-refractivity contribution in [1.29, 1.82) is 0 Å². The van der Waals surface area contributed by atoms with Gasteiger partial charge in [-0.05, 0) is 42.7 Å². The Morgan fingerprint density at radius 2 is 2.13 bits per heavy atom. The maximum Gasteiger partial charge on any atom is 0.0352 e. The summed E-state index contributed by atoms with van der Waals surface area (Å²) in [4.78, 5) is 0. The van der Waals surface area contributed by atoms with Gasteiger partial charge in [0.25, 0.3) is 0 Å². The van der Waals surface area contributed by atoms with Crippen LogP contribution in [0.25, 0.3) is 0 Å². The highest BCUT2D eigenvalue weighted by atomic mass is 32.2. The molecule has 0 radical (unpaired) electrons. The van der Waals surface area contributed by atoms with Crippen LogP contribution in [0.5, 0.6) is 0 Å². The molecule has 1 saturated heterocycles. The molecular formula is C13H19NS. The van der Waals surface area contributed by atoms with Crippen molar-refractivity contribution in [3.05, 3.63) is 29.8 Å². The first-order valence-corrected chi connectivity index (χ1v) is 6.97. The Morgan fingerprint density at radius 3 is 2.73 bits per heavy atom. The van der Waals surface area contributed by atoms with Crippen LogP contribution in [0.1, 0.15) is 25.3 Å². The second-order valence-corrected chi connectivity index (χ2v) is 5.26. The molecule has 1 aromatic rings. The molecule has 0 spiro atoms. The average molecular weight is 221 g/mol. The summed E-state index contributed by atoms with van der Waals surface area (Å²) in [5.41, 5.74) is 2.69. The molecule has 1 aromatic carbocycles. The molecule has 1 aliphatic rings. The van der Waals surface area contributed by atoms with E-state index in [9.17, 15) is 0 Å². The lowest BCUT2D eigenvalue weighted by atomic mass is 10.1. The SMILES string of the molecule is CCc1ccc(N[C@H]2CCCSC2)cc1. The number of aryl methyl sites for hydroxylation is 1. The van der Waals surface area contributed by atoms with Gasteiger partial charge < -0.3 is 5.32 Å². The third kappa shape index (κ3) is 3.16. The minimum Gasteiger partial charge on any atom is -0.381 e. The van der Waals surface area contributed by atoms with Crippen molar-refractivity contribution in [2.24, 2.45) is 0 Å². The number of benzene rings is 1. The summed E-state index contributed by atoms with van der Waals surface area (Å²) in [6.45, 7) is 2.19. The molecule has 2 heteroatoms. The van der Waals surface area contributed by atoms with Crippen LogP contribution in [-0.4, -0.2) is 17.5 Å². The Balaban J connectivity index is 1.91. The van der Waals surface area contributed by atoms with E-state index in [4.69, 9.17) is 0 Å². The highest BCUT2D eigenvalue weighted by Gasteiger charge is 2.12. The Morgan fingerprint density at radius 1 is 1.33 bits per heavy atom. The predicted octanol–water partition coefficient (Wildman–Crippen LogP) is 3.56. The van der Waals surface area contributed by atoms with Crippen molar-refractivity contribution >= 4 is 17.4 Å². The van der Waals surface area contributed by atoms with Crippen molar-refractivity contribution < 1.29 is 0 Å². The van der Waals surface area contributed by atoms with Crippen LogP contribution in [0.15, 0.2) is 24.3 Å². The molecule has 15 heavy (non-hydrogen) atoms. The zero-order chi connectivity index (χ0) is 10.5. The third-order valence-electron chi connectivity index (χ3n) is 2.89. The minimum absolute atomic E-state index is 0.677. The molecule has 1 nitrogen and oxygen atoms in total. The van der Waals surface area contributed by atoms with Crippen LogP contribution in [-0.2, 0) is 6.42 Å². The van der Waals surface area contributed by atoms with Crippen LogP contribution in [0, 0.1) is 0 Å². The third-order valence-corrected chi connectivity index (χ3v) is 4.11. The molecule has 1 N–H and O–H groups in total. The molecule has 1 aliphatic heterocycles. The average Bonchev–Trinajstić information content (AvgIpc) is 2.31. The molecule has 1 fully saturated rings. The summed E-state index contributed by atoms with van der Waals surface area (Å²) in [5.74, 6) is 2.60. The Kier molecular flexibility index (Phi) is 3.95. The van der Waals surface area contributed by atoms with E-state index in [1.807, 2.05) is 0 Å². The van der Waals surface area contributed by atoms with Crippen molar-refractivity contribution in [2.45, 2.75) is 32.2 Å². The standard InChI is InChI=1S/C13H19NS/c1-2-11-5-7-12(8-6-11)14-13-4-3-9-15-10-13/h5-8,13-14H,2-4,9-10H2,1H3/t13-/m0/s1. The Labute approximate surface area is 96.7 Å². The maximum atomic E-state index is 3.61. The highest BCUT2D eigenvalue weighted by molar-refractivity contribution is 7.99. The fraction of sp³-hybridized carbons (Fsp3) is 0.538. The zero-order valence-electron chi connectivity index (χ0n) is 9.33. The van der Waals surface area contributed by atoms with Gasteiger partial charge in [-0.25, -0.2) is 0 Å². The predicted molar refractivity (Wildman–Crippen MR) is 69.8 cm³/mol. The second-order valence-electron chi connectivity index (χ2n) is 4.11. The molecule has 0 bridgehead atoms. The van der Waals surface area contributed by atoms with Gasteiger partial charge in [0.1, 0.15) is 0 Å². The van der Waals surface area contributed by atoms with Crippen LogP contribution in [0.2, 0.25) is 0 Å². The topological polar surface area (TPSA) is 12.0 Å². The first-order valence-electron chi connectivity index (χ1n) is 5.81. The first kappa shape index (κ1) is 10.9. The summed E-state index contributed by atoms with van der Waals surface area (Å²) in [7, 11) is 0. The van der Waals surface area contributed by atoms with Gasteiger partial charge in [-0.15, -0.1) is 0 Å². The number of hydrogen-bond acceptors (Lipinski definition) is 2. The van der Waals surface area contributed by atoms with E-state index in [0.29, 0.717) is 6.04 Å². The summed E-state index contributed by atoms with van der Waals surface area (Å²) >= 11 is 2.07. The lowest BCUT2D eigenvalue weighted by Gasteiger charge is -2.23. The van der Waals surface area contributed by atoms with Gasteiger partial charge in [0.2, 0.25) is 0 Å². The van der Waals surface area contributed by atoms with Crippen molar-refractivity contribution in [3.8, 4) is 0 Å². The fourth-order valence-corrected chi connectivity index (χ4v) is 3.00. The van der Waals surface area contributed by atoms with E-state index < -0.39 is 0 Å². The molecular weight excluding hydrogens is 202 g/mol. The van der Waals surface area contributed by atoms with Gasteiger partial charge in [-0.1, -0.05) is 19.1 Å². The minimum atomic E-state index is 0.677. The molecule has 1 heterocycles. The zero-order valence-corrected chi connectivity index (χ0v) is 10.1. The van der Waals surface area contributed by atoms with E-state index in [-0.39, 0.29) is 0 Å². The van der Waals surface area contributed by atoms with Crippen molar-refractivity contribution in [3.63, 3.8) is 0 Å². The second kappa shape index (κ2) is 5.45. The monoisotopic (exact) mass is 221 g/mol. The van der Waals surface area contributed by atoms with Gasteiger partial charge in [-0.2, -0.15) is 11.8 Å². The number of nitrogens with one attached hydrogen (secondary N) is 1. The lowest BCUT2D eigenvalue weighted by Crippen LogP contribution is -2.25. The van der Waals surface area contributed by atoms with E-state index in [0.717, 1.165) is 6.42 Å². The number of thioether (sulfide) groups is 1. The van der Waals surface area contributed by atoms with E-state index in [1.165, 1.54) is 35.6 Å². The molecule has 0 unspecified atom stereocenters. The molecule has 0 aliphatic carbocycles. The molecule has 2 rings (SSSR count). The number of hydrogen-bond donors (Lipinski definition) is 1. The van der Waals surface area contributed by atoms with Gasteiger partial charge >= 0.3 is 0 Å². The first-order chi connectivity index (χ1) is 7.38. The van der Waals surface area contributed by atoms with Crippen molar-refractivity contribution in [1.82, 2.24) is 0 Å². The summed E-state index contributed by atoms with van der Waals surface area (Å²) in [6.07, 6.45) is 3.80. The highest BCUT2D eigenvalue weighted by Crippen LogP contribution is 2.21. The molecule has 0 aromatic heterocycles. The number of anilines is 1. The fourth-order valence-electron chi connectivity index (χ4n) is 1.93. The molecule has 0 amide bonds. The smallest absolute Gasteiger partial charge is 0.0352 e. The maximum absolute atomic E-state index is 3.61. The van der Waals surface area contributed by atoms with Gasteiger partial charge in [0.15, 0.2) is 0 Å². The lowest BCUT2D eigenvalue weighted by molar-refractivity contribution is 0.685. The summed E-state index contributed by atoms with van der Waals surface area (Å²) in [6, 6.07) is 9.53. The molecule has 82 valence electrons. The summed E-state index contributed by atoms with van der Waals surface area (Å²) in [5, 5.41) is 3.61. The molecule has 0 saturated carbocycles. The van der Waals surface area contributed by atoms with Crippen LogP contribution in [0.3, 0.4) is 0 Å². The largest absolute Gasteiger partial charge is 0.381 e. The van der Waals surface area contributed by atoms with Gasteiger partial charge in [0.05, 0.1) is 0 Å².